The van der Waals surface area contributed by atoms with Gasteiger partial charge in [0, 0.05) is 8.95 Å². The van der Waals surface area contributed by atoms with E-state index in [-0.39, 0.29) is 0 Å². The van der Waals surface area contributed by atoms with Gasteiger partial charge in [-0.05, 0) is 77.7 Å². The largest absolute Gasteiger partial charge is 0.0619 e. The van der Waals surface area contributed by atoms with Gasteiger partial charge in [0.05, 0.1) is 0 Å². The van der Waals surface area contributed by atoms with Crippen molar-refractivity contribution in [2.24, 2.45) is 0 Å². The predicted octanol–water partition coefficient (Wildman–Crippen LogP) is 6.45. The van der Waals surface area contributed by atoms with E-state index in [1.807, 2.05) is 0 Å². The Morgan fingerprint density at radius 2 is 1.43 bits per heavy atom. The fourth-order valence-corrected chi connectivity index (χ4v) is 3.90. The average Bonchev–Trinajstić information content (AvgIpc) is 2.87. The molecule has 1 aliphatic carbocycles. The van der Waals surface area contributed by atoms with Crippen LogP contribution in [0.1, 0.15) is 11.1 Å². The van der Waals surface area contributed by atoms with Crippen LogP contribution >= 0.6 is 31.9 Å². The summed E-state index contributed by atoms with van der Waals surface area (Å²) in [7, 11) is 0. The maximum atomic E-state index is 3.68. The summed E-state index contributed by atoms with van der Waals surface area (Å²) < 4.78 is 2.20. The number of hydrogen-bond acceptors (Lipinski definition) is 0. The molecule has 3 aromatic rings. The smallest absolute Gasteiger partial charge is 0.0395 e. The second kappa shape index (κ2) is 5.11. The van der Waals surface area contributed by atoms with Crippen LogP contribution in [-0.2, 0) is 6.42 Å². The Morgan fingerprint density at radius 3 is 2.33 bits per heavy atom. The first-order chi connectivity index (χ1) is 10.2. The summed E-state index contributed by atoms with van der Waals surface area (Å²) >= 11 is 7.26. The summed E-state index contributed by atoms with van der Waals surface area (Å²) in [6.45, 7) is 0. The summed E-state index contributed by atoms with van der Waals surface area (Å²) in [5.41, 5.74) is 8.09. The van der Waals surface area contributed by atoms with Gasteiger partial charge in [0.2, 0.25) is 0 Å². The highest BCUT2D eigenvalue weighted by atomic mass is 79.9. The molecule has 0 aromatic heterocycles. The summed E-state index contributed by atoms with van der Waals surface area (Å²) in [6, 6.07) is 21.8. The molecule has 0 amide bonds. The van der Waals surface area contributed by atoms with E-state index >= 15 is 0 Å². The van der Waals surface area contributed by atoms with E-state index < -0.39 is 0 Å². The molecule has 0 nitrogen and oxygen atoms in total. The lowest BCUT2D eigenvalue weighted by molar-refractivity contribution is 1.26. The molecule has 0 N–H and O–H groups in total. The zero-order valence-corrected chi connectivity index (χ0v) is 14.4. The topological polar surface area (TPSA) is 0 Å². The van der Waals surface area contributed by atoms with Gasteiger partial charge in [0.25, 0.3) is 0 Å². The van der Waals surface area contributed by atoms with Gasteiger partial charge in [0.15, 0.2) is 0 Å². The van der Waals surface area contributed by atoms with Gasteiger partial charge in [-0.1, -0.05) is 54.6 Å². The predicted molar refractivity (Wildman–Crippen MR) is 95.5 cm³/mol. The third-order valence-electron chi connectivity index (χ3n) is 4.06. The number of rotatable bonds is 1. The molecule has 0 atom stereocenters. The highest BCUT2D eigenvalue weighted by Gasteiger charge is 2.18. The van der Waals surface area contributed by atoms with Crippen LogP contribution in [0.2, 0.25) is 0 Å². The molecular formula is C19H12Br2. The van der Waals surface area contributed by atoms with Crippen molar-refractivity contribution in [1.82, 2.24) is 0 Å². The van der Waals surface area contributed by atoms with Gasteiger partial charge in [-0.3, -0.25) is 0 Å². The van der Waals surface area contributed by atoms with Crippen molar-refractivity contribution in [2.75, 3.05) is 0 Å². The third-order valence-corrected chi connectivity index (χ3v) is 6.10. The van der Waals surface area contributed by atoms with Crippen molar-refractivity contribution in [2.45, 2.75) is 6.42 Å². The average molecular weight is 400 g/mol. The standard InChI is InChI=1S/C19H12Br2/c20-18-7-3-6-17(19(18)21)13-8-9-16-14(11-13)10-12-4-1-2-5-15(12)16/h1-9,11H,10H2. The molecule has 21 heavy (non-hydrogen) atoms. The monoisotopic (exact) mass is 398 g/mol. The van der Waals surface area contributed by atoms with Gasteiger partial charge in [-0.15, -0.1) is 0 Å². The normalized spacial score (nSPS) is 12.1. The first kappa shape index (κ1) is 13.3. The van der Waals surface area contributed by atoms with E-state index in [2.05, 4.69) is 92.5 Å². The Balaban J connectivity index is 1.85. The number of fused-ring (bicyclic) bond motifs is 3. The minimum atomic E-state index is 1.03. The maximum absolute atomic E-state index is 3.68. The second-order valence-electron chi connectivity index (χ2n) is 5.31. The van der Waals surface area contributed by atoms with Crippen LogP contribution in [0.5, 0.6) is 0 Å². The van der Waals surface area contributed by atoms with Crippen molar-refractivity contribution >= 4 is 31.9 Å². The van der Waals surface area contributed by atoms with Gasteiger partial charge in [0.1, 0.15) is 0 Å². The van der Waals surface area contributed by atoms with Crippen LogP contribution < -0.4 is 0 Å². The molecule has 0 aliphatic heterocycles. The molecule has 0 spiro atoms. The SMILES string of the molecule is Brc1cccc(-c2ccc3c(c2)Cc2ccccc2-3)c1Br. The van der Waals surface area contributed by atoms with E-state index in [4.69, 9.17) is 0 Å². The lowest BCUT2D eigenvalue weighted by atomic mass is 9.99. The van der Waals surface area contributed by atoms with Crippen molar-refractivity contribution in [3.63, 3.8) is 0 Å². The molecule has 0 saturated carbocycles. The Bertz CT molecular complexity index is 850. The third kappa shape index (κ3) is 2.18. The highest BCUT2D eigenvalue weighted by Crippen LogP contribution is 2.40. The molecular weight excluding hydrogens is 388 g/mol. The fraction of sp³-hybridized carbons (Fsp3) is 0.0526. The number of halogens is 2. The Hall–Kier alpha value is -1.38. The van der Waals surface area contributed by atoms with Crippen molar-refractivity contribution < 1.29 is 0 Å². The minimum Gasteiger partial charge on any atom is -0.0619 e. The lowest BCUT2D eigenvalue weighted by Gasteiger charge is -2.09. The molecule has 0 unspecified atom stereocenters. The van der Waals surface area contributed by atoms with Crippen LogP contribution in [0.25, 0.3) is 22.3 Å². The summed E-state index contributed by atoms with van der Waals surface area (Å²) in [5.74, 6) is 0. The van der Waals surface area contributed by atoms with Crippen LogP contribution in [-0.4, -0.2) is 0 Å². The quantitative estimate of drug-likeness (QED) is 0.345. The zero-order chi connectivity index (χ0) is 14.4. The summed E-state index contributed by atoms with van der Waals surface area (Å²) in [5, 5.41) is 0. The molecule has 0 fully saturated rings. The number of benzene rings is 3. The van der Waals surface area contributed by atoms with Crippen LogP contribution in [0, 0.1) is 0 Å². The van der Waals surface area contributed by atoms with Crippen molar-refractivity contribution in [1.29, 1.82) is 0 Å². The van der Waals surface area contributed by atoms with E-state index in [0.29, 0.717) is 0 Å². The minimum absolute atomic E-state index is 1.03. The highest BCUT2D eigenvalue weighted by molar-refractivity contribution is 9.13. The van der Waals surface area contributed by atoms with Gasteiger partial charge >= 0.3 is 0 Å². The van der Waals surface area contributed by atoms with E-state index in [0.717, 1.165) is 15.4 Å². The second-order valence-corrected chi connectivity index (χ2v) is 6.95. The van der Waals surface area contributed by atoms with Crippen molar-refractivity contribution in [3.8, 4) is 22.3 Å². The van der Waals surface area contributed by atoms with Crippen LogP contribution in [0.4, 0.5) is 0 Å². The molecule has 102 valence electrons. The molecule has 0 radical (unpaired) electrons. The van der Waals surface area contributed by atoms with Crippen LogP contribution in [0.15, 0.2) is 69.6 Å². The lowest BCUT2D eigenvalue weighted by Crippen LogP contribution is -1.85. The van der Waals surface area contributed by atoms with E-state index in [1.165, 1.54) is 33.4 Å². The van der Waals surface area contributed by atoms with Crippen LogP contribution in [0.3, 0.4) is 0 Å². The Labute approximate surface area is 141 Å². The van der Waals surface area contributed by atoms with E-state index in [9.17, 15) is 0 Å². The summed E-state index contributed by atoms with van der Waals surface area (Å²) in [6.07, 6.45) is 1.03. The van der Waals surface area contributed by atoms with E-state index in [1.54, 1.807) is 0 Å². The fourth-order valence-electron chi connectivity index (χ4n) is 3.04. The molecule has 2 heteroatoms. The molecule has 0 saturated heterocycles. The zero-order valence-electron chi connectivity index (χ0n) is 11.2. The van der Waals surface area contributed by atoms with Gasteiger partial charge in [-0.2, -0.15) is 0 Å². The van der Waals surface area contributed by atoms with Crippen molar-refractivity contribution in [3.05, 3.63) is 80.7 Å². The molecule has 3 aromatic carbocycles. The number of hydrogen-bond donors (Lipinski definition) is 0. The summed E-state index contributed by atoms with van der Waals surface area (Å²) in [4.78, 5) is 0. The molecule has 0 bridgehead atoms. The first-order valence-corrected chi connectivity index (χ1v) is 8.48. The Kier molecular flexibility index (Phi) is 3.24. The maximum Gasteiger partial charge on any atom is 0.0395 e. The first-order valence-electron chi connectivity index (χ1n) is 6.89. The van der Waals surface area contributed by atoms with Gasteiger partial charge in [-0.25, -0.2) is 0 Å². The Morgan fingerprint density at radius 1 is 0.667 bits per heavy atom. The van der Waals surface area contributed by atoms with Gasteiger partial charge < -0.3 is 0 Å². The molecule has 1 aliphatic rings. The molecule has 0 heterocycles. The molecule has 4 rings (SSSR count).